The molecule has 4 rings (SSSR count). The molecule has 0 saturated carbocycles. The smallest absolute Gasteiger partial charge is 0.262 e. The molecule has 9 heteroatoms. The molecular formula is C25H27N5O4. The van der Waals surface area contributed by atoms with Crippen LogP contribution in [0.4, 0.5) is 5.69 Å². The van der Waals surface area contributed by atoms with E-state index in [0.717, 1.165) is 49.9 Å². The van der Waals surface area contributed by atoms with Crippen LogP contribution in [0.15, 0.2) is 54.7 Å². The fourth-order valence-corrected chi connectivity index (χ4v) is 3.65. The fourth-order valence-electron chi connectivity index (χ4n) is 3.65. The first-order valence-electron chi connectivity index (χ1n) is 11.1. The summed E-state index contributed by atoms with van der Waals surface area (Å²) in [6.07, 6.45) is 1.73. The standard InChI is InChI=1S/C25H27N5O4/c1-29-23(8-9-27-29)22-16-20(4-7-24(22)33-15-12-30-10-13-32-14-11-30)28-25(31)18-34-21-5-2-19(17-26)3-6-21/h2-9,16H,10-15,18H2,1H3,(H,28,31). The largest absolute Gasteiger partial charge is 0.492 e. The van der Waals surface area contributed by atoms with E-state index in [4.69, 9.17) is 19.5 Å². The van der Waals surface area contributed by atoms with E-state index in [1.807, 2.05) is 37.4 Å². The van der Waals surface area contributed by atoms with E-state index in [2.05, 4.69) is 15.3 Å². The number of nitriles is 1. The molecule has 0 unspecified atom stereocenters. The zero-order valence-electron chi connectivity index (χ0n) is 19.1. The number of aryl methyl sites for hydroxylation is 1. The molecule has 0 radical (unpaired) electrons. The monoisotopic (exact) mass is 461 g/mol. The lowest BCUT2D eigenvalue weighted by atomic mass is 10.1. The molecule has 176 valence electrons. The summed E-state index contributed by atoms with van der Waals surface area (Å²) >= 11 is 0. The topological polar surface area (TPSA) is 102 Å². The number of aromatic nitrogens is 2. The number of nitrogens with one attached hydrogen (secondary N) is 1. The van der Waals surface area contributed by atoms with Crippen molar-refractivity contribution >= 4 is 11.6 Å². The summed E-state index contributed by atoms with van der Waals surface area (Å²) < 4.78 is 18.8. The lowest BCUT2D eigenvalue weighted by molar-refractivity contribution is -0.118. The highest BCUT2D eigenvalue weighted by atomic mass is 16.5. The molecule has 0 atom stereocenters. The molecule has 1 aliphatic heterocycles. The molecule has 0 spiro atoms. The second kappa shape index (κ2) is 11.3. The normalized spacial score (nSPS) is 13.8. The quantitative estimate of drug-likeness (QED) is 0.523. The molecule has 9 nitrogen and oxygen atoms in total. The number of nitrogens with zero attached hydrogens (tertiary/aromatic N) is 4. The van der Waals surface area contributed by atoms with Gasteiger partial charge in [0, 0.05) is 44.1 Å². The molecule has 2 heterocycles. The predicted octanol–water partition coefficient (Wildman–Crippen LogP) is 2.69. The Bertz CT molecular complexity index is 1150. The zero-order valence-corrected chi connectivity index (χ0v) is 19.1. The van der Waals surface area contributed by atoms with Crippen molar-refractivity contribution in [2.45, 2.75) is 0 Å². The summed E-state index contributed by atoms with van der Waals surface area (Å²) in [5.74, 6) is 0.957. The molecule has 3 aromatic rings. The highest BCUT2D eigenvalue weighted by Gasteiger charge is 2.15. The van der Waals surface area contributed by atoms with Gasteiger partial charge in [0.05, 0.1) is 30.5 Å². The number of hydrogen-bond acceptors (Lipinski definition) is 7. The van der Waals surface area contributed by atoms with E-state index in [1.165, 1.54) is 0 Å². The number of hydrogen-bond donors (Lipinski definition) is 1. The van der Waals surface area contributed by atoms with Crippen LogP contribution in [0.5, 0.6) is 11.5 Å². The van der Waals surface area contributed by atoms with Gasteiger partial charge in [-0.25, -0.2) is 0 Å². The second-order valence-corrected chi connectivity index (χ2v) is 7.83. The molecule has 0 aliphatic carbocycles. The Morgan fingerprint density at radius 3 is 2.65 bits per heavy atom. The van der Waals surface area contributed by atoms with E-state index in [-0.39, 0.29) is 12.5 Å². The van der Waals surface area contributed by atoms with Crippen LogP contribution in [0.2, 0.25) is 0 Å². The van der Waals surface area contributed by atoms with Gasteiger partial charge >= 0.3 is 0 Å². The van der Waals surface area contributed by atoms with Gasteiger partial charge in [-0.1, -0.05) is 0 Å². The fraction of sp³-hybridized carbons (Fsp3) is 0.320. The van der Waals surface area contributed by atoms with Crippen molar-refractivity contribution in [1.82, 2.24) is 14.7 Å². The molecule has 2 aromatic carbocycles. The number of carbonyl (C=O) groups excluding carboxylic acids is 1. The van der Waals surface area contributed by atoms with Crippen LogP contribution in [0.1, 0.15) is 5.56 Å². The third-order valence-electron chi connectivity index (χ3n) is 5.48. The summed E-state index contributed by atoms with van der Waals surface area (Å²) in [7, 11) is 1.86. The van der Waals surface area contributed by atoms with Crippen molar-refractivity contribution in [2.24, 2.45) is 7.05 Å². The van der Waals surface area contributed by atoms with Crippen LogP contribution in [0.25, 0.3) is 11.3 Å². The molecule has 1 N–H and O–H groups in total. The summed E-state index contributed by atoms with van der Waals surface area (Å²) in [6, 6.07) is 16.1. The Labute approximate surface area is 198 Å². The SMILES string of the molecule is Cn1nccc1-c1cc(NC(=O)COc2ccc(C#N)cc2)ccc1OCCN1CCOCC1. The third-order valence-corrected chi connectivity index (χ3v) is 5.48. The maximum atomic E-state index is 12.5. The molecule has 0 bridgehead atoms. The van der Waals surface area contributed by atoms with Crippen LogP contribution >= 0.6 is 0 Å². The molecule has 1 aromatic heterocycles. The van der Waals surface area contributed by atoms with Gasteiger partial charge in [0.15, 0.2) is 6.61 Å². The Morgan fingerprint density at radius 1 is 1.15 bits per heavy atom. The Kier molecular flexibility index (Phi) is 7.75. The van der Waals surface area contributed by atoms with Crippen molar-refractivity contribution in [2.75, 3.05) is 51.4 Å². The maximum Gasteiger partial charge on any atom is 0.262 e. The molecule has 1 aliphatic rings. The predicted molar refractivity (Wildman–Crippen MR) is 127 cm³/mol. The van der Waals surface area contributed by atoms with Crippen molar-refractivity contribution < 1.29 is 19.0 Å². The maximum absolute atomic E-state index is 12.5. The van der Waals surface area contributed by atoms with E-state index >= 15 is 0 Å². The average molecular weight is 462 g/mol. The minimum Gasteiger partial charge on any atom is -0.492 e. The first-order valence-corrected chi connectivity index (χ1v) is 11.1. The molecule has 1 saturated heterocycles. The van der Waals surface area contributed by atoms with Crippen LogP contribution in [0, 0.1) is 11.3 Å². The van der Waals surface area contributed by atoms with Gasteiger partial charge in [-0.15, -0.1) is 0 Å². The van der Waals surface area contributed by atoms with Crippen molar-refractivity contribution in [3.8, 4) is 28.8 Å². The summed E-state index contributed by atoms with van der Waals surface area (Å²) in [6.45, 7) is 4.55. The number of carbonyl (C=O) groups is 1. The van der Waals surface area contributed by atoms with Crippen molar-refractivity contribution in [1.29, 1.82) is 5.26 Å². The van der Waals surface area contributed by atoms with Gasteiger partial charge in [-0.3, -0.25) is 14.4 Å². The number of morpholine rings is 1. The molecular weight excluding hydrogens is 434 g/mol. The lowest BCUT2D eigenvalue weighted by Gasteiger charge is -2.26. The van der Waals surface area contributed by atoms with Gasteiger partial charge in [0.2, 0.25) is 0 Å². The number of ether oxygens (including phenoxy) is 3. The number of rotatable bonds is 9. The Hall–Kier alpha value is -3.87. The molecule has 1 fully saturated rings. The van der Waals surface area contributed by atoms with Crippen molar-refractivity contribution in [3.05, 3.63) is 60.3 Å². The summed E-state index contributed by atoms with van der Waals surface area (Å²) in [5.41, 5.74) is 2.89. The number of benzene rings is 2. The second-order valence-electron chi connectivity index (χ2n) is 7.83. The van der Waals surface area contributed by atoms with Crippen LogP contribution in [-0.4, -0.2) is 66.6 Å². The van der Waals surface area contributed by atoms with Gasteiger partial charge < -0.3 is 19.5 Å². The summed E-state index contributed by atoms with van der Waals surface area (Å²) in [5, 5.41) is 16.0. The van der Waals surface area contributed by atoms with E-state index in [9.17, 15) is 4.79 Å². The van der Waals surface area contributed by atoms with E-state index < -0.39 is 0 Å². The highest BCUT2D eigenvalue weighted by Crippen LogP contribution is 2.32. The summed E-state index contributed by atoms with van der Waals surface area (Å²) in [4.78, 5) is 14.8. The molecule has 34 heavy (non-hydrogen) atoms. The van der Waals surface area contributed by atoms with Crippen LogP contribution in [-0.2, 0) is 16.6 Å². The lowest BCUT2D eigenvalue weighted by Crippen LogP contribution is -2.38. The van der Waals surface area contributed by atoms with Crippen LogP contribution < -0.4 is 14.8 Å². The van der Waals surface area contributed by atoms with Crippen LogP contribution in [0.3, 0.4) is 0 Å². The van der Waals surface area contributed by atoms with E-state index in [0.29, 0.717) is 23.6 Å². The Balaban J connectivity index is 1.40. The Morgan fingerprint density at radius 2 is 1.94 bits per heavy atom. The van der Waals surface area contributed by atoms with E-state index in [1.54, 1.807) is 35.1 Å². The minimum absolute atomic E-state index is 0.148. The third kappa shape index (κ3) is 6.13. The number of amides is 1. The first-order chi connectivity index (χ1) is 16.6. The average Bonchev–Trinajstić information content (AvgIpc) is 3.30. The number of anilines is 1. The first kappa shape index (κ1) is 23.3. The van der Waals surface area contributed by atoms with Gasteiger partial charge in [0.25, 0.3) is 5.91 Å². The van der Waals surface area contributed by atoms with Crippen molar-refractivity contribution in [3.63, 3.8) is 0 Å². The molecule has 1 amide bonds. The highest BCUT2D eigenvalue weighted by molar-refractivity contribution is 5.93. The zero-order chi connectivity index (χ0) is 23.8. The van der Waals surface area contributed by atoms with Gasteiger partial charge in [0.1, 0.15) is 18.1 Å². The minimum atomic E-state index is -0.290. The van der Waals surface area contributed by atoms with Gasteiger partial charge in [-0.05, 0) is 48.5 Å². The van der Waals surface area contributed by atoms with Gasteiger partial charge in [-0.2, -0.15) is 10.4 Å².